The minimum absolute atomic E-state index is 0.0338. The molecule has 44 heavy (non-hydrogen) atoms. The lowest BCUT2D eigenvalue weighted by atomic mass is 9.52. The van der Waals surface area contributed by atoms with Crippen LogP contribution in [0.25, 0.3) is 0 Å². The van der Waals surface area contributed by atoms with Crippen LogP contribution in [0.2, 0.25) is 5.15 Å². The fourth-order valence-corrected chi connectivity index (χ4v) is 8.57. The van der Waals surface area contributed by atoms with Crippen LogP contribution in [0.4, 0.5) is 10.2 Å². The van der Waals surface area contributed by atoms with E-state index in [9.17, 15) is 14.4 Å². The quantitative estimate of drug-likeness (QED) is 0.334. The summed E-state index contributed by atoms with van der Waals surface area (Å²) in [5.74, 6) is -2.86. The van der Waals surface area contributed by atoms with Gasteiger partial charge in [-0.05, 0) is 56.4 Å². The molecule has 1 aliphatic carbocycles. The van der Waals surface area contributed by atoms with Gasteiger partial charge in [-0.25, -0.2) is 14.4 Å². The number of hydrogen-bond acceptors (Lipinski definition) is 7. The zero-order valence-corrected chi connectivity index (χ0v) is 26.9. The number of pyridine rings is 1. The van der Waals surface area contributed by atoms with Crippen molar-refractivity contribution in [3.8, 4) is 0 Å². The Morgan fingerprint density at radius 3 is 2.52 bits per heavy atom. The van der Waals surface area contributed by atoms with Gasteiger partial charge in [-0.1, -0.05) is 43.1 Å². The van der Waals surface area contributed by atoms with E-state index in [0.29, 0.717) is 37.1 Å². The van der Waals surface area contributed by atoms with Gasteiger partial charge in [0, 0.05) is 43.2 Å². The molecule has 0 radical (unpaired) electrons. The van der Waals surface area contributed by atoms with Gasteiger partial charge in [0.1, 0.15) is 28.3 Å². The standard InChI is InChI=1S/C31H39Cl2FN6O4/c1-29(2)10-12-30(13-11-29)31(18-6-8-20(32)37-25(18)38-28(31)43)21(17-9-14-35-24(33)22(17)34)23(39-30)26(41)36-16-5-7-19(44-15-16)27(42)40(3)4/h6,8,14,16-17,19,21,23,39H,5,7,9-13,15H2,1-4H3,(H,36,41)(H,37,38,43)/t16-,17?,19+,21+,23-,31-/m1/s1. The fourth-order valence-electron chi connectivity index (χ4n) is 8.22. The number of carbonyl (C=O) groups excluding carboxylic acids is 3. The maximum Gasteiger partial charge on any atom is 0.251 e. The van der Waals surface area contributed by atoms with E-state index in [1.807, 2.05) is 0 Å². The van der Waals surface area contributed by atoms with Crippen LogP contribution in [0.3, 0.4) is 0 Å². The van der Waals surface area contributed by atoms with E-state index < -0.39 is 40.8 Å². The van der Waals surface area contributed by atoms with Gasteiger partial charge in [0.15, 0.2) is 5.16 Å². The van der Waals surface area contributed by atoms with Crippen molar-refractivity contribution in [3.63, 3.8) is 0 Å². The van der Waals surface area contributed by atoms with Crippen LogP contribution in [0.15, 0.2) is 28.1 Å². The molecular formula is C31H39Cl2FN6O4. The zero-order chi connectivity index (χ0) is 31.6. The zero-order valence-electron chi connectivity index (χ0n) is 25.4. The Balaban J connectivity index is 1.42. The Morgan fingerprint density at radius 2 is 1.86 bits per heavy atom. The van der Waals surface area contributed by atoms with E-state index in [0.717, 1.165) is 12.8 Å². The van der Waals surface area contributed by atoms with Gasteiger partial charge in [-0.3, -0.25) is 19.7 Å². The van der Waals surface area contributed by atoms with Crippen molar-refractivity contribution in [3.05, 3.63) is 33.8 Å². The number of rotatable bonds is 4. The molecule has 6 rings (SSSR count). The summed E-state index contributed by atoms with van der Waals surface area (Å²) in [5, 5.41) is 9.68. The number of nitrogens with one attached hydrogen (secondary N) is 3. The number of nitrogens with zero attached hydrogens (tertiary/aromatic N) is 3. The number of anilines is 1. The van der Waals surface area contributed by atoms with Crippen molar-refractivity contribution in [2.24, 2.45) is 22.2 Å². The number of fused-ring (bicyclic) bond motifs is 3. The predicted molar refractivity (Wildman–Crippen MR) is 165 cm³/mol. The Hall–Kier alpha value is -2.60. The molecule has 6 atom stereocenters. The number of likely N-dealkylation sites (N-methyl/N-ethyl adjacent to an activating group) is 1. The van der Waals surface area contributed by atoms with Gasteiger partial charge < -0.3 is 20.3 Å². The molecule has 3 N–H and O–H groups in total. The molecule has 13 heteroatoms. The summed E-state index contributed by atoms with van der Waals surface area (Å²) < 4.78 is 21.9. The van der Waals surface area contributed by atoms with Crippen LogP contribution in [-0.4, -0.2) is 78.2 Å². The fraction of sp³-hybridized carbons (Fsp3) is 0.645. The number of hydrogen-bond donors (Lipinski definition) is 3. The highest BCUT2D eigenvalue weighted by atomic mass is 35.5. The molecule has 0 aromatic carbocycles. The minimum atomic E-state index is -1.34. The van der Waals surface area contributed by atoms with Crippen LogP contribution in [0.1, 0.15) is 64.4 Å². The van der Waals surface area contributed by atoms with Crippen LogP contribution in [0, 0.1) is 17.3 Å². The predicted octanol–water partition coefficient (Wildman–Crippen LogP) is 4.07. The first-order valence-electron chi connectivity index (χ1n) is 15.3. The number of halogens is 3. The molecule has 3 fully saturated rings. The molecule has 1 aromatic rings. The van der Waals surface area contributed by atoms with Crippen molar-refractivity contribution < 1.29 is 23.5 Å². The molecule has 5 aliphatic rings. The Morgan fingerprint density at radius 1 is 1.14 bits per heavy atom. The number of amides is 3. The van der Waals surface area contributed by atoms with E-state index in [2.05, 4.69) is 39.8 Å². The first-order valence-corrected chi connectivity index (χ1v) is 16.0. The Kier molecular flexibility index (Phi) is 8.08. The second-order valence-corrected chi connectivity index (χ2v) is 14.6. The highest BCUT2D eigenvalue weighted by Crippen LogP contribution is 2.63. The molecule has 5 heterocycles. The second kappa shape index (κ2) is 11.3. The van der Waals surface area contributed by atoms with Crippen molar-refractivity contribution >= 4 is 53.0 Å². The molecule has 10 nitrogen and oxygen atoms in total. The number of ether oxygens (including phenoxy) is 1. The summed E-state index contributed by atoms with van der Waals surface area (Å²) in [7, 11) is 3.36. The Labute approximate surface area is 266 Å². The summed E-state index contributed by atoms with van der Waals surface area (Å²) in [6, 6.07) is 2.13. The van der Waals surface area contributed by atoms with Crippen LogP contribution in [0.5, 0.6) is 0 Å². The van der Waals surface area contributed by atoms with E-state index >= 15 is 4.39 Å². The van der Waals surface area contributed by atoms with E-state index in [-0.39, 0.29) is 52.5 Å². The lowest BCUT2D eigenvalue weighted by molar-refractivity contribution is -0.145. The number of allylic oxidation sites excluding steroid dienone is 1. The van der Waals surface area contributed by atoms with Gasteiger partial charge in [0.25, 0.3) is 5.91 Å². The molecular weight excluding hydrogens is 610 g/mol. The molecule has 1 unspecified atom stereocenters. The van der Waals surface area contributed by atoms with E-state index in [4.69, 9.17) is 27.9 Å². The third-order valence-electron chi connectivity index (χ3n) is 10.5. The van der Waals surface area contributed by atoms with E-state index in [1.165, 1.54) is 4.90 Å². The maximum atomic E-state index is 16.1. The smallest absolute Gasteiger partial charge is 0.251 e. The van der Waals surface area contributed by atoms with Gasteiger partial charge in [-0.15, -0.1) is 0 Å². The summed E-state index contributed by atoms with van der Waals surface area (Å²) in [6.07, 6.45) is 4.96. The molecule has 2 spiro atoms. The minimum Gasteiger partial charge on any atom is -0.366 e. The summed E-state index contributed by atoms with van der Waals surface area (Å²) >= 11 is 12.5. The normalized spacial score (nSPS) is 33.8. The molecule has 1 aromatic heterocycles. The molecule has 3 amide bonds. The van der Waals surface area contributed by atoms with Gasteiger partial charge in [-0.2, -0.15) is 0 Å². The monoisotopic (exact) mass is 648 g/mol. The molecule has 2 saturated heterocycles. The number of aliphatic imine (C=N–C) groups is 1. The SMILES string of the molecule is CN(C)C(=O)[C@@H]1CC[C@@H](NC(=O)[C@@H]2NC3(CCC(C)(C)CC3)[C@@]3(C(=O)Nc4nc(Cl)ccc43)[C@H]2C2CC=NC(Cl)=C2F)CO1. The third-order valence-corrected chi connectivity index (χ3v) is 11.0. The van der Waals surface area contributed by atoms with Gasteiger partial charge in [0.05, 0.1) is 18.7 Å². The largest absolute Gasteiger partial charge is 0.366 e. The van der Waals surface area contributed by atoms with Crippen LogP contribution in [-0.2, 0) is 24.5 Å². The lowest BCUT2D eigenvalue weighted by Crippen LogP contribution is -2.62. The van der Waals surface area contributed by atoms with Crippen molar-refractivity contribution in [2.75, 3.05) is 26.0 Å². The second-order valence-electron chi connectivity index (χ2n) is 13.8. The molecule has 4 aliphatic heterocycles. The van der Waals surface area contributed by atoms with Gasteiger partial charge in [0.2, 0.25) is 11.8 Å². The first-order chi connectivity index (χ1) is 20.8. The maximum absolute atomic E-state index is 16.1. The average Bonchev–Trinajstić information content (AvgIpc) is 3.44. The van der Waals surface area contributed by atoms with Crippen molar-refractivity contribution in [2.45, 2.75) is 87.9 Å². The highest BCUT2D eigenvalue weighted by molar-refractivity contribution is 6.30. The highest BCUT2D eigenvalue weighted by Gasteiger charge is 2.74. The summed E-state index contributed by atoms with van der Waals surface area (Å²) in [4.78, 5) is 51.2. The average molecular weight is 650 g/mol. The molecule has 1 saturated carbocycles. The molecule has 0 bridgehead atoms. The van der Waals surface area contributed by atoms with Crippen molar-refractivity contribution in [1.29, 1.82) is 0 Å². The summed E-state index contributed by atoms with van der Waals surface area (Å²) in [6.45, 7) is 4.56. The lowest BCUT2D eigenvalue weighted by Gasteiger charge is -2.51. The topological polar surface area (TPSA) is 125 Å². The van der Waals surface area contributed by atoms with Gasteiger partial charge >= 0.3 is 0 Å². The summed E-state index contributed by atoms with van der Waals surface area (Å²) in [5.41, 5.74) is -1.56. The number of aromatic nitrogens is 1. The van der Waals surface area contributed by atoms with Crippen LogP contribution >= 0.6 is 23.2 Å². The van der Waals surface area contributed by atoms with Crippen molar-refractivity contribution in [1.82, 2.24) is 20.5 Å². The molecule has 238 valence electrons. The van der Waals surface area contributed by atoms with Crippen LogP contribution < -0.4 is 16.0 Å². The Bertz CT molecular complexity index is 1430. The van der Waals surface area contributed by atoms with E-state index in [1.54, 1.807) is 32.4 Å². The third kappa shape index (κ3) is 4.94. The first kappa shape index (κ1) is 31.4. The number of carbonyl (C=O) groups is 3.